The van der Waals surface area contributed by atoms with Crippen molar-refractivity contribution in [3.8, 4) is 11.4 Å². The summed E-state index contributed by atoms with van der Waals surface area (Å²) >= 11 is 18.8. The number of thiocarbonyl (C=S) groups is 1. The molecule has 8 heteroatoms. The molecular formula is C27H24Cl2N4OS. The van der Waals surface area contributed by atoms with E-state index in [-0.39, 0.29) is 12.1 Å². The number of aryl methyl sites for hydroxylation is 1. The average Bonchev–Trinajstić information content (AvgIpc) is 3.36. The highest BCUT2D eigenvalue weighted by Crippen LogP contribution is 2.44. The van der Waals surface area contributed by atoms with Crippen LogP contribution in [-0.4, -0.2) is 21.8 Å². The van der Waals surface area contributed by atoms with Crippen molar-refractivity contribution in [1.29, 1.82) is 0 Å². The Hall–Kier alpha value is -3.06. The molecule has 1 aliphatic heterocycles. The van der Waals surface area contributed by atoms with Crippen LogP contribution in [0.5, 0.6) is 5.75 Å². The van der Waals surface area contributed by atoms with Gasteiger partial charge in [0.2, 0.25) is 0 Å². The Bertz CT molecular complexity index is 1390. The van der Waals surface area contributed by atoms with E-state index in [1.165, 1.54) is 0 Å². The fourth-order valence-electron chi connectivity index (χ4n) is 4.81. The summed E-state index contributed by atoms with van der Waals surface area (Å²) in [7, 11) is 1.66. The Morgan fingerprint density at radius 2 is 1.77 bits per heavy atom. The van der Waals surface area contributed by atoms with Crippen LogP contribution in [0.4, 0.5) is 5.69 Å². The van der Waals surface area contributed by atoms with Gasteiger partial charge in [-0.25, -0.2) is 0 Å². The third-order valence-electron chi connectivity index (χ3n) is 6.41. The Morgan fingerprint density at radius 3 is 2.46 bits per heavy atom. The number of methoxy groups -OCH3 is 1. The normalized spacial score (nSPS) is 17.5. The number of rotatable bonds is 5. The lowest BCUT2D eigenvalue weighted by atomic mass is 9.96. The summed E-state index contributed by atoms with van der Waals surface area (Å²) in [6.07, 6.45) is 1.81. The van der Waals surface area contributed by atoms with Gasteiger partial charge in [0.25, 0.3) is 0 Å². The van der Waals surface area contributed by atoms with Crippen LogP contribution in [0.25, 0.3) is 5.69 Å². The van der Waals surface area contributed by atoms with Gasteiger partial charge < -0.3 is 19.5 Å². The monoisotopic (exact) mass is 522 g/mol. The highest BCUT2D eigenvalue weighted by molar-refractivity contribution is 7.80. The highest BCUT2D eigenvalue weighted by atomic mass is 35.5. The van der Waals surface area contributed by atoms with E-state index in [1.807, 2.05) is 60.8 Å². The van der Waals surface area contributed by atoms with Crippen LogP contribution in [0.3, 0.4) is 0 Å². The van der Waals surface area contributed by atoms with Crippen molar-refractivity contribution in [2.45, 2.75) is 25.9 Å². The van der Waals surface area contributed by atoms with E-state index in [0.717, 1.165) is 39.8 Å². The number of ether oxygens (including phenoxy) is 1. The molecule has 5 nitrogen and oxygen atoms in total. The highest BCUT2D eigenvalue weighted by Gasteiger charge is 2.42. The van der Waals surface area contributed by atoms with E-state index in [0.29, 0.717) is 15.2 Å². The fourth-order valence-corrected chi connectivity index (χ4v) is 5.54. The van der Waals surface area contributed by atoms with Gasteiger partial charge in [-0.1, -0.05) is 35.3 Å². The van der Waals surface area contributed by atoms with Gasteiger partial charge in [-0.05, 0) is 86.2 Å². The summed E-state index contributed by atoms with van der Waals surface area (Å²) in [5.74, 6) is 0.790. The third-order valence-corrected chi connectivity index (χ3v) is 7.53. The van der Waals surface area contributed by atoms with Gasteiger partial charge in [0, 0.05) is 23.3 Å². The largest absolute Gasteiger partial charge is 0.497 e. The minimum Gasteiger partial charge on any atom is -0.497 e. The Labute approximate surface area is 220 Å². The third kappa shape index (κ3) is 4.16. The summed E-state index contributed by atoms with van der Waals surface area (Å²) in [5.41, 5.74) is 5.96. The van der Waals surface area contributed by atoms with E-state index >= 15 is 0 Å². The molecule has 178 valence electrons. The number of nitrogens with one attached hydrogen (secondary N) is 1. The molecule has 1 saturated heterocycles. The maximum Gasteiger partial charge on any atom is 0.174 e. The molecule has 5 rings (SSSR count). The van der Waals surface area contributed by atoms with Gasteiger partial charge in [0.05, 0.1) is 40.6 Å². The topological polar surface area (TPSA) is 42.3 Å². The SMILES string of the molecule is COc1ccc(N2C(=S)N[C@H](c3ccccn3)[C@H]2c2cc(C)n(-c3cccc(Cl)c3Cl)c2C)cc1. The van der Waals surface area contributed by atoms with Crippen LogP contribution in [0.2, 0.25) is 10.0 Å². The average molecular weight is 523 g/mol. The molecule has 0 saturated carbocycles. The zero-order chi connectivity index (χ0) is 24.7. The van der Waals surface area contributed by atoms with Crippen molar-refractivity contribution in [2.75, 3.05) is 12.0 Å². The molecule has 3 heterocycles. The second-order valence-electron chi connectivity index (χ2n) is 8.43. The van der Waals surface area contributed by atoms with Crippen LogP contribution in [0.15, 0.2) is 72.9 Å². The lowest BCUT2D eigenvalue weighted by molar-refractivity contribution is 0.415. The first-order valence-electron chi connectivity index (χ1n) is 11.2. The van der Waals surface area contributed by atoms with Crippen molar-refractivity contribution in [3.05, 3.63) is 106 Å². The quantitative estimate of drug-likeness (QED) is 0.286. The van der Waals surface area contributed by atoms with Crippen LogP contribution in [0.1, 0.15) is 34.7 Å². The molecule has 1 N–H and O–H groups in total. The maximum atomic E-state index is 6.62. The minimum atomic E-state index is -0.144. The molecular weight excluding hydrogens is 499 g/mol. The van der Waals surface area contributed by atoms with Crippen molar-refractivity contribution >= 4 is 46.2 Å². The van der Waals surface area contributed by atoms with Crippen molar-refractivity contribution < 1.29 is 4.74 Å². The molecule has 35 heavy (non-hydrogen) atoms. The van der Waals surface area contributed by atoms with Crippen LogP contribution >= 0.6 is 35.4 Å². The van der Waals surface area contributed by atoms with Gasteiger partial charge in [-0.3, -0.25) is 4.98 Å². The Morgan fingerprint density at radius 1 is 1.00 bits per heavy atom. The number of aromatic nitrogens is 2. The van der Waals surface area contributed by atoms with Crippen LogP contribution in [0, 0.1) is 13.8 Å². The fraction of sp³-hybridized carbons (Fsp3) is 0.185. The summed E-state index contributed by atoms with van der Waals surface area (Å²) in [4.78, 5) is 6.81. The maximum absolute atomic E-state index is 6.62. The number of anilines is 1. The lowest BCUT2D eigenvalue weighted by Gasteiger charge is -2.28. The number of hydrogen-bond donors (Lipinski definition) is 1. The number of benzene rings is 2. The number of halogens is 2. The number of pyridine rings is 1. The second kappa shape index (κ2) is 9.53. The molecule has 0 radical (unpaired) electrons. The van der Waals surface area contributed by atoms with E-state index in [1.54, 1.807) is 13.2 Å². The van der Waals surface area contributed by atoms with E-state index in [9.17, 15) is 0 Å². The molecule has 0 aliphatic carbocycles. The van der Waals surface area contributed by atoms with E-state index in [2.05, 4.69) is 39.7 Å². The molecule has 0 spiro atoms. The van der Waals surface area contributed by atoms with Gasteiger partial charge in [0.1, 0.15) is 5.75 Å². The first kappa shape index (κ1) is 23.7. The summed E-state index contributed by atoms with van der Waals surface area (Å²) in [6, 6.07) is 21.5. The molecule has 0 unspecified atom stereocenters. The molecule has 2 aromatic heterocycles. The molecule has 0 bridgehead atoms. The van der Waals surface area contributed by atoms with Crippen molar-refractivity contribution in [1.82, 2.24) is 14.9 Å². The summed E-state index contributed by atoms with van der Waals surface area (Å²) in [6.45, 7) is 4.17. The molecule has 0 amide bonds. The number of hydrogen-bond acceptors (Lipinski definition) is 3. The lowest BCUT2D eigenvalue weighted by Crippen LogP contribution is -2.29. The molecule has 1 fully saturated rings. The standard InChI is InChI=1S/C27H24Cl2N4OS/c1-16-15-20(17(2)32(16)23-9-6-7-21(28)24(23)29)26-25(22-8-4-5-14-30-22)31-27(35)33(26)18-10-12-19(34-3)13-11-18/h4-15,25-26H,1-3H3,(H,31,35)/t25-,26-/m1/s1. The molecule has 2 atom stereocenters. The number of nitrogens with zero attached hydrogens (tertiary/aromatic N) is 3. The Kier molecular flexibility index (Phi) is 6.45. The van der Waals surface area contributed by atoms with Crippen molar-refractivity contribution in [3.63, 3.8) is 0 Å². The van der Waals surface area contributed by atoms with Crippen LogP contribution < -0.4 is 15.0 Å². The molecule has 1 aliphatic rings. The van der Waals surface area contributed by atoms with Crippen molar-refractivity contribution in [2.24, 2.45) is 0 Å². The van der Waals surface area contributed by atoms with E-state index in [4.69, 9.17) is 40.2 Å². The van der Waals surface area contributed by atoms with Gasteiger partial charge in [-0.2, -0.15) is 0 Å². The van der Waals surface area contributed by atoms with Gasteiger partial charge in [-0.15, -0.1) is 0 Å². The second-order valence-corrected chi connectivity index (χ2v) is 9.60. The molecule has 2 aromatic carbocycles. The zero-order valence-electron chi connectivity index (χ0n) is 19.5. The first-order valence-corrected chi connectivity index (χ1v) is 12.3. The first-order chi connectivity index (χ1) is 16.9. The van der Waals surface area contributed by atoms with Crippen LogP contribution in [-0.2, 0) is 0 Å². The Balaban J connectivity index is 1.68. The smallest absolute Gasteiger partial charge is 0.174 e. The van der Waals surface area contributed by atoms with E-state index < -0.39 is 0 Å². The molecule has 4 aromatic rings. The van der Waals surface area contributed by atoms with Gasteiger partial charge >= 0.3 is 0 Å². The summed E-state index contributed by atoms with van der Waals surface area (Å²) < 4.78 is 7.51. The summed E-state index contributed by atoms with van der Waals surface area (Å²) in [5, 5.41) is 5.20. The predicted octanol–water partition coefficient (Wildman–Crippen LogP) is 6.98. The minimum absolute atomic E-state index is 0.135. The predicted molar refractivity (Wildman–Crippen MR) is 146 cm³/mol. The zero-order valence-corrected chi connectivity index (χ0v) is 21.8. The van der Waals surface area contributed by atoms with Gasteiger partial charge in [0.15, 0.2) is 5.11 Å².